The van der Waals surface area contributed by atoms with Crippen LogP contribution in [0.15, 0.2) is 78.9 Å². The second-order valence-corrected chi connectivity index (χ2v) is 13.4. The van der Waals surface area contributed by atoms with Crippen LogP contribution in [0.5, 0.6) is 5.75 Å². The van der Waals surface area contributed by atoms with Gasteiger partial charge in [-0.15, -0.1) is 0 Å². The normalized spacial score (nSPS) is 16.6. The average Bonchev–Trinajstić information content (AvgIpc) is 3.28. The van der Waals surface area contributed by atoms with E-state index >= 15 is 0 Å². The van der Waals surface area contributed by atoms with Crippen molar-refractivity contribution in [2.24, 2.45) is 5.92 Å². The van der Waals surface area contributed by atoms with Gasteiger partial charge in [-0.3, -0.25) is 14.4 Å². The number of imide groups is 1. The summed E-state index contributed by atoms with van der Waals surface area (Å²) in [6, 6.07) is 20.0. The highest BCUT2D eigenvalue weighted by atomic mass is 16.5. The lowest BCUT2D eigenvalue weighted by molar-refractivity contribution is -0.142. The summed E-state index contributed by atoms with van der Waals surface area (Å²) in [7, 11) is 1.50. The minimum atomic E-state index is -1.14. The van der Waals surface area contributed by atoms with E-state index in [9.17, 15) is 29.1 Å². The maximum absolute atomic E-state index is 14.5. The van der Waals surface area contributed by atoms with Crippen molar-refractivity contribution in [1.29, 1.82) is 0 Å². The topological polar surface area (TPSA) is 157 Å². The summed E-state index contributed by atoms with van der Waals surface area (Å²) in [5.41, 5.74) is 1.41. The molecule has 1 heterocycles. The number of nitrogens with zero attached hydrogens (tertiary/aromatic N) is 2. The molecule has 1 saturated heterocycles. The molecule has 2 aliphatic rings. The van der Waals surface area contributed by atoms with Gasteiger partial charge < -0.3 is 30.7 Å². The van der Waals surface area contributed by atoms with Gasteiger partial charge >= 0.3 is 18.0 Å². The number of urea groups is 2. The van der Waals surface area contributed by atoms with Crippen LogP contribution in [-0.4, -0.2) is 63.4 Å². The number of hydrogen-bond acceptors (Lipinski definition) is 6. The highest BCUT2D eigenvalue weighted by molar-refractivity contribution is 6.10. The number of para-hydroxylation sites is 1. The van der Waals surface area contributed by atoms with Gasteiger partial charge in [0.25, 0.3) is 5.91 Å². The van der Waals surface area contributed by atoms with Gasteiger partial charge in [0, 0.05) is 17.9 Å². The number of amides is 6. The maximum atomic E-state index is 14.5. The molecule has 1 aliphatic carbocycles. The molecule has 1 spiro atoms. The molecular weight excluding hydrogens is 638 g/mol. The molecular formula is C38H45N5O7. The standard InChI is InChI=1S/C38H45N5O7/c1-25(2)21-32(34(46)41-31(23-33(44)45)27-11-10-14-30(22-27)50-3)43-35(47)38(19-8-5-9-20-38)42(37(43)49)24-26-15-17-29(18-16-26)40-36(48)39-28-12-6-4-7-13-28/h4,6-7,10-18,22,25,31-32H,5,8-9,19-21,23-24H2,1-3H3,(H,41,46)(H,44,45)(H2,39,40,48). The van der Waals surface area contributed by atoms with Gasteiger partial charge in [0.15, 0.2) is 0 Å². The van der Waals surface area contributed by atoms with Crippen molar-refractivity contribution in [3.63, 3.8) is 0 Å². The van der Waals surface area contributed by atoms with Gasteiger partial charge in [-0.2, -0.15) is 0 Å². The molecule has 3 aromatic carbocycles. The van der Waals surface area contributed by atoms with E-state index in [0.29, 0.717) is 35.5 Å². The molecule has 0 radical (unpaired) electrons. The first-order valence-corrected chi connectivity index (χ1v) is 17.0. The summed E-state index contributed by atoms with van der Waals surface area (Å²) in [6.07, 6.45) is 3.24. The van der Waals surface area contributed by atoms with Crippen LogP contribution in [0.25, 0.3) is 0 Å². The Balaban J connectivity index is 1.38. The molecule has 2 atom stereocenters. The fourth-order valence-electron chi connectivity index (χ4n) is 6.87. The number of carboxylic acid groups (broad SMARTS) is 1. The maximum Gasteiger partial charge on any atom is 0.328 e. The minimum Gasteiger partial charge on any atom is -0.497 e. The Morgan fingerprint density at radius 1 is 0.880 bits per heavy atom. The highest BCUT2D eigenvalue weighted by Crippen LogP contribution is 2.43. The summed E-state index contributed by atoms with van der Waals surface area (Å²) in [5.74, 6) is -1.65. The average molecular weight is 684 g/mol. The largest absolute Gasteiger partial charge is 0.497 e. The van der Waals surface area contributed by atoms with Gasteiger partial charge in [-0.05, 0) is 72.7 Å². The van der Waals surface area contributed by atoms with Crippen LogP contribution in [0.2, 0.25) is 0 Å². The lowest BCUT2D eigenvalue weighted by Gasteiger charge is -2.38. The predicted octanol–water partition coefficient (Wildman–Crippen LogP) is 6.55. The van der Waals surface area contributed by atoms with Crippen molar-refractivity contribution in [1.82, 2.24) is 15.1 Å². The third kappa shape index (κ3) is 8.24. The lowest BCUT2D eigenvalue weighted by atomic mass is 9.80. The van der Waals surface area contributed by atoms with Gasteiger partial charge in [-0.1, -0.05) is 75.6 Å². The smallest absolute Gasteiger partial charge is 0.328 e. The fourth-order valence-corrected chi connectivity index (χ4v) is 6.87. The molecule has 12 heteroatoms. The Labute approximate surface area is 292 Å². The zero-order valence-electron chi connectivity index (χ0n) is 28.7. The Morgan fingerprint density at radius 3 is 2.16 bits per heavy atom. The van der Waals surface area contributed by atoms with E-state index in [0.717, 1.165) is 29.7 Å². The molecule has 2 unspecified atom stereocenters. The second-order valence-electron chi connectivity index (χ2n) is 13.4. The van der Waals surface area contributed by atoms with E-state index in [1.54, 1.807) is 65.6 Å². The van der Waals surface area contributed by atoms with Gasteiger partial charge in [-0.25, -0.2) is 14.5 Å². The summed E-state index contributed by atoms with van der Waals surface area (Å²) < 4.78 is 5.31. The number of hydrogen-bond donors (Lipinski definition) is 4. The number of anilines is 2. The highest BCUT2D eigenvalue weighted by Gasteiger charge is 2.59. The monoisotopic (exact) mass is 683 g/mol. The fraction of sp³-hybridized carbons (Fsp3) is 0.395. The van der Waals surface area contributed by atoms with E-state index < -0.39 is 53.9 Å². The molecule has 12 nitrogen and oxygen atoms in total. The predicted molar refractivity (Wildman–Crippen MR) is 188 cm³/mol. The molecule has 50 heavy (non-hydrogen) atoms. The number of benzene rings is 3. The van der Waals surface area contributed by atoms with Crippen LogP contribution < -0.4 is 20.7 Å². The third-order valence-corrected chi connectivity index (χ3v) is 9.34. The molecule has 6 amide bonds. The zero-order chi connectivity index (χ0) is 35.8. The molecule has 2 fully saturated rings. The number of carbonyl (C=O) groups excluding carboxylic acids is 4. The number of aliphatic carboxylic acids is 1. The second kappa shape index (κ2) is 15.9. The summed E-state index contributed by atoms with van der Waals surface area (Å²) >= 11 is 0. The molecule has 1 aliphatic heterocycles. The molecule has 1 saturated carbocycles. The molecule has 0 aromatic heterocycles. The van der Waals surface area contributed by atoms with Crippen molar-refractivity contribution < 1.29 is 33.8 Å². The van der Waals surface area contributed by atoms with Crippen LogP contribution in [0.4, 0.5) is 21.0 Å². The Hall–Kier alpha value is -5.39. The van der Waals surface area contributed by atoms with Gasteiger partial charge in [0.1, 0.15) is 17.3 Å². The summed E-state index contributed by atoms with van der Waals surface area (Å²) in [6.45, 7) is 3.96. The zero-order valence-corrected chi connectivity index (χ0v) is 28.7. The molecule has 0 bridgehead atoms. The number of carboxylic acids is 1. The van der Waals surface area contributed by atoms with Crippen LogP contribution in [-0.2, 0) is 20.9 Å². The number of rotatable bonds is 13. The summed E-state index contributed by atoms with van der Waals surface area (Å²) in [4.78, 5) is 70.1. The summed E-state index contributed by atoms with van der Waals surface area (Å²) in [5, 5.41) is 18.1. The van der Waals surface area contributed by atoms with Gasteiger partial charge in [0.2, 0.25) is 5.91 Å². The van der Waals surface area contributed by atoms with E-state index in [1.165, 1.54) is 7.11 Å². The Kier molecular flexibility index (Phi) is 11.4. The first kappa shape index (κ1) is 35.9. The van der Waals surface area contributed by atoms with E-state index in [-0.39, 0.29) is 18.9 Å². The van der Waals surface area contributed by atoms with Crippen molar-refractivity contribution >= 4 is 41.2 Å². The first-order chi connectivity index (χ1) is 24.0. The minimum absolute atomic E-state index is 0.0587. The number of carbonyl (C=O) groups is 5. The lowest BCUT2D eigenvalue weighted by Crippen LogP contribution is -2.53. The van der Waals surface area contributed by atoms with Crippen molar-refractivity contribution in [3.05, 3.63) is 90.0 Å². The Morgan fingerprint density at radius 2 is 1.54 bits per heavy atom. The number of methoxy groups -OCH3 is 1. The Bertz CT molecular complexity index is 1690. The molecule has 4 N–H and O–H groups in total. The van der Waals surface area contributed by atoms with Crippen molar-refractivity contribution in [2.75, 3.05) is 17.7 Å². The number of nitrogens with one attached hydrogen (secondary N) is 3. The van der Waals surface area contributed by atoms with Crippen molar-refractivity contribution in [3.8, 4) is 5.75 Å². The SMILES string of the molecule is COc1cccc(C(CC(=O)O)NC(=O)C(CC(C)C)N2C(=O)N(Cc3ccc(NC(=O)Nc4ccccc4)cc3)C3(CCCCC3)C2=O)c1. The van der Waals surface area contributed by atoms with Gasteiger partial charge in [0.05, 0.1) is 19.6 Å². The van der Waals surface area contributed by atoms with Crippen molar-refractivity contribution in [2.45, 2.75) is 83.0 Å². The van der Waals surface area contributed by atoms with Crippen LogP contribution in [0.3, 0.4) is 0 Å². The van der Waals surface area contributed by atoms with E-state index in [1.807, 2.05) is 32.0 Å². The number of ether oxygens (including phenoxy) is 1. The van der Waals surface area contributed by atoms with Crippen LogP contribution in [0.1, 0.15) is 76.0 Å². The van der Waals surface area contributed by atoms with Crippen LogP contribution >= 0.6 is 0 Å². The first-order valence-electron chi connectivity index (χ1n) is 17.0. The third-order valence-electron chi connectivity index (χ3n) is 9.34. The molecule has 3 aromatic rings. The quantitative estimate of drug-likeness (QED) is 0.149. The molecule has 264 valence electrons. The van der Waals surface area contributed by atoms with Crippen LogP contribution in [0, 0.1) is 5.92 Å². The van der Waals surface area contributed by atoms with E-state index in [4.69, 9.17) is 4.74 Å². The van der Waals surface area contributed by atoms with E-state index in [2.05, 4.69) is 16.0 Å². The molecule has 5 rings (SSSR count).